The molecule has 0 atom stereocenters. The fourth-order valence-corrected chi connectivity index (χ4v) is 3.91. The lowest BCUT2D eigenvalue weighted by atomic mass is 10.1. The second-order valence-electron chi connectivity index (χ2n) is 8.12. The summed E-state index contributed by atoms with van der Waals surface area (Å²) < 4.78 is 5.88. The standard InChI is InChI=1S/C25H24N6O3/c32-23(15-26-16-25(33)31-11-1-2-12-31)22-6-3-17-13-19(5-7-20(17)29-22)34-24-8-4-18(14-27-24)21-9-10-28-30-21/h3-10,13-14,26H,1-2,11-12,15-16H2,(H,28,30). The third-order valence-corrected chi connectivity index (χ3v) is 5.74. The average molecular weight is 457 g/mol. The van der Waals surface area contributed by atoms with Gasteiger partial charge < -0.3 is 15.0 Å². The highest BCUT2D eigenvalue weighted by atomic mass is 16.5. The van der Waals surface area contributed by atoms with Crippen LogP contribution in [0, 0.1) is 0 Å². The van der Waals surface area contributed by atoms with Gasteiger partial charge in [0.1, 0.15) is 11.4 Å². The number of H-pyrrole nitrogens is 1. The maximum Gasteiger partial charge on any atom is 0.236 e. The van der Waals surface area contributed by atoms with Crippen molar-refractivity contribution in [1.29, 1.82) is 0 Å². The Kier molecular flexibility index (Phi) is 6.26. The first-order valence-corrected chi connectivity index (χ1v) is 11.2. The number of carbonyl (C=O) groups is 2. The number of likely N-dealkylation sites (tertiary alicyclic amines) is 1. The molecule has 1 fully saturated rings. The normalized spacial score (nSPS) is 13.4. The Morgan fingerprint density at radius 3 is 2.68 bits per heavy atom. The summed E-state index contributed by atoms with van der Waals surface area (Å²) in [6, 6.07) is 14.6. The van der Waals surface area contributed by atoms with Crippen molar-refractivity contribution in [3.63, 3.8) is 0 Å². The summed E-state index contributed by atoms with van der Waals surface area (Å²) in [5.41, 5.74) is 2.85. The van der Waals surface area contributed by atoms with Gasteiger partial charge in [-0.3, -0.25) is 14.7 Å². The van der Waals surface area contributed by atoms with Crippen molar-refractivity contribution >= 4 is 22.6 Å². The number of nitrogens with one attached hydrogen (secondary N) is 2. The minimum Gasteiger partial charge on any atom is -0.439 e. The van der Waals surface area contributed by atoms with Crippen LogP contribution in [0.4, 0.5) is 0 Å². The van der Waals surface area contributed by atoms with E-state index in [0.717, 1.165) is 42.6 Å². The van der Waals surface area contributed by atoms with E-state index in [1.54, 1.807) is 30.6 Å². The maximum absolute atomic E-state index is 12.5. The predicted molar refractivity (Wildman–Crippen MR) is 127 cm³/mol. The Balaban J connectivity index is 1.20. The number of nitrogens with zero attached hydrogens (tertiary/aromatic N) is 4. The van der Waals surface area contributed by atoms with Gasteiger partial charge in [0.15, 0.2) is 5.78 Å². The molecular formula is C25H24N6O3. The number of Topliss-reactive ketones (excluding diaryl/α,β-unsaturated/α-hetero) is 1. The molecule has 0 radical (unpaired) electrons. The largest absolute Gasteiger partial charge is 0.439 e. The number of amides is 1. The number of fused-ring (bicyclic) bond motifs is 1. The van der Waals surface area contributed by atoms with Gasteiger partial charge in [0.2, 0.25) is 11.8 Å². The summed E-state index contributed by atoms with van der Waals surface area (Å²) in [6.07, 6.45) is 5.51. The molecule has 1 saturated heterocycles. The molecule has 4 heterocycles. The SMILES string of the molecule is O=C(CNCC(=O)N1CCCC1)c1ccc2cc(Oc3ccc(-c4ccn[nH]4)cn3)ccc2n1. The summed E-state index contributed by atoms with van der Waals surface area (Å²) in [6.45, 7) is 1.84. The van der Waals surface area contributed by atoms with Gasteiger partial charge in [0.05, 0.1) is 24.3 Å². The lowest BCUT2D eigenvalue weighted by molar-refractivity contribution is -0.129. The molecular weight excluding hydrogens is 432 g/mol. The molecule has 0 unspecified atom stereocenters. The van der Waals surface area contributed by atoms with E-state index < -0.39 is 0 Å². The molecule has 34 heavy (non-hydrogen) atoms. The van der Waals surface area contributed by atoms with Gasteiger partial charge in [0.25, 0.3) is 0 Å². The molecule has 0 spiro atoms. The van der Waals surface area contributed by atoms with Crippen LogP contribution >= 0.6 is 0 Å². The van der Waals surface area contributed by atoms with Crippen LogP contribution in [0.5, 0.6) is 11.6 Å². The van der Waals surface area contributed by atoms with Crippen LogP contribution in [0.3, 0.4) is 0 Å². The number of hydrogen-bond donors (Lipinski definition) is 2. The van der Waals surface area contributed by atoms with Crippen molar-refractivity contribution in [2.45, 2.75) is 12.8 Å². The van der Waals surface area contributed by atoms with Gasteiger partial charge in [-0.25, -0.2) is 9.97 Å². The van der Waals surface area contributed by atoms with Crippen LogP contribution in [-0.2, 0) is 4.79 Å². The van der Waals surface area contributed by atoms with Gasteiger partial charge in [0, 0.05) is 42.5 Å². The van der Waals surface area contributed by atoms with Crippen molar-refractivity contribution in [1.82, 2.24) is 30.4 Å². The lowest BCUT2D eigenvalue weighted by Crippen LogP contribution is -2.38. The Labute approximate surface area is 196 Å². The molecule has 4 aromatic rings. The number of ketones is 1. The van der Waals surface area contributed by atoms with Crippen LogP contribution in [-0.4, -0.2) is 62.9 Å². The molecule has 172 valence electrons. The molecule has 3 aromatic heterocycles. The highest BCUT2D eigenvalue weighted by Crippen LogP contribution is 2.25. The van der Waals surface area contributed by atoms with E-state index in [2.05, 4.69) is 25.5 Å². The zero-order valence-electron chi connectivity index (χ0n) is 18.5. The summed E-state index contributed by atoms with van der Waals surface area (Å²) in [7, 11) is 0. The summed E-state index contributed by atoms with van der Waals surface area (Å²) in [5.74, 6) is 0.974. The van der Waals surface area contributed by atoms with Crippen LogP contribution in [0.1, 0.15) is 23.3 Å². The van der Waals surface area contributed by atoms with Crippen LogP contribution < -0.4 is 10.1 Å². The minimum atomic E-state index is -0.155. The maximum atomic E-state index is 12.5. The van der Waals surface area contributed by atoms with E-state index in [0.29, 0.717) is 22.8 Å². The molecule has 0 bridgehead atoms. The Bertz CT molecular complexity index is 1300. The van der Waals surface area contributed by atoms with Gasteiger partial charge in [-0.2, -0.15) is 5.10 Å². The number of aromatic nitrogens is 4. The quantitative estimate of drug-likeness (QED) is 0.392. The fourth-order valence-electron chi connectivity index (χ4n) is 3.91. The summed E-state index contributed by atoms with van der Waals surface area (Å²) in [5, 5.41) is 10.6. The van der Waals surface area contributed by atoms with Gasteiger partial charge in [-0.05, 0) is 49.2 Å². The fraction of sp³-hybridized carbons (Fsp3) is 0.240. The van der Waals surface area contributed by atoms with E-state index in [1.807, 2.05) is 35.2 Å². The molecule has 1 amide bonds. The monoisotopic (exact) mass is 456 g/mol. The molecule has 1 aliphatic rings. The molecule has 1 aliphatic heterocycles. The van der Waals surface area contributed by atoms with E-state index in [4.69, 9.17) is 4.74 Å². The van der Waals surface area contributed by atoms with Crippen molar-refractivity contribution in [3.05, 3.63) is 66.6 Å². The summed E-state index contributed by atoms with van der Waals surface area (Å²) >= 11 is 0. The number of benzene rings is 1. The number of carbonyl (C=O) groups excluding carboxylic acids is 2. The van der Waals surface area contributed by atoms with Crippen molar-refractivity contribution < 1.29 is 14.3 Å². The zero-order chi connectivity index (χ0) is 23.3. The average Bonchev–Trinajstić information content (AvgIpc) is 3.59. The van der Waals surface area contributed by atoms with Crippen molar-refractivity contribution in [2.75, 3.05) is 26.2 Å². The molecule has 1 aromatic carbocycles. The Hall–Kier alpha value is -4.11. The van der Waals surface area contributed by atoms with Crippen molar-refractivity contribution in [3.8, 4) is 22.9 Å². The third kappa shape index (κ3) is 4.94. The second-order valence-corrected chi connectivity index (χ2v) is 8.12. The van der Waals surface area contributed by atoms with E-state index in [9.17, 15) is 9.59 Å². The first-order chi connectivity index (χ1) is 16.7. The van der Waals surface area contributed by atoms with E-state index in [1.165, 1.54) is 0 Å². The molecule has 5 rings (SSSR count). The molecule has 2 N–H and O–H groups in total. The van der Waals surface area contributed by atoms with Crippen LogP contribution in [0.25, 0.3) is 22.2 Å². The lowest BCUT2D eigenvalue weighted by Gasteiger charge is -2.15. The van der Waals surface area contributed by atoms with Gasteiger partial charge >= 0.3 is 0 Å². The highest BCUT2D eigenvalue weighted by Gasteiger charge is 2.18. The molecule has 9 heteroatoms. The number of pyridine rings is 2. The predicted octanol–water partition coefficient (Wildman–Crippen LogP) is 3.21. The van der Waals surface area contributed by atoms with Crippen molar-refractivity contribution in [2.24, 2.45) is 0 Å². The Morgan fingerprint density at radius 2 is 1.91 bits per heavy atom. The zero-order valence-corrected chi connectivity index (χ0v) is 18.5. The van der Waals surface area contributed by atoms with E-state index in [-0.39, 0.29) is 24.8 Å². The van der Waals surface area contributed by atoms with E-state index >= 15 is 0 Å². The smallest absolute Gasteiger partial charge is 0.236 e. The highest BCUT2D eigenvalue weighted by molar-refractivity contribution is 5.98. The molecule has 0 saturated carbocycles. The van der Waals surface area contributed by atoms with Crippen LogP contribution in [0.2, 0.25) is 0 Å². The molecule has 9 nitrogen and oxygen atoms in total. The summed E-state index contributed by atoms with van der Waals surface area (Å²) in [4.78, 5) is 35.3. The number of rotatable bonds is 8. The first-order valence-electron chi connectivity index (χ1n) is 11.2. The topological polar surface area (TPSA) is 113 Å². The Morgan fingerprint density at radius 1 is 1.03 bits per heavy atom. The minimum absolute atomic E-state index is 0.0368. The van der Waals surface area contributed by atoms with Gasteiger partial charge in [-0.15, -0.1) is 0 Å². The number of hydrogen-bond acceptors (Lipinski definition) is 7. The molecule has 0 aliphatic carbocycles. The third-order valence-electron chi connectivity index (χ3n) is 5.74. The number of ether oxygens (including phenoxy) is 1. The first kappa shape index (κ1) is 21.7. The van der Waals surface area contributed by atoms with Gasteiger partial charge in [-0.1, -0.05) is 6.07 Å². The number of aromatic amines is 1. The van der Waals surface area contributed by atoms with Crippen LogP contribution in [0.15, 0.2) is 60.9 Å². The second kappa shape index (κ2) is 9.80.